The minimum absolute atomic E-state index is 0.0210. The van der Waals surface area contributed by atoms with Crippen LogP contribution >= 0.6 is 15.9 Å². The number of hydrogen-bond donors (Lipinski definition) is 0. The van der Waals surface area contributed by atoms with E-state index in [2.05, 4.69) is 25.9 Å². The van der Waals surface area contributed by atoms with Crippen LogP contribution in [0.25, 0.3) is 0 Å². The molecule has 0 amide bonds. The van der Waals surface area contributed by atoms with Gasteiger partial charge in [0.25, 0.3) is 5.69 Å². The highest BCUT2D eigenvalue weighted by Gasteiger charge is 2.20. The third kappa shape index (κ3) is 4.48. The van der Waals surface area contributed by atoms with Crippen LogP contribution in [0.5, 0.6) is 11.6 Å². The third-order valence-corrected chi connectivity index (χ3v) is 3.68. The molecular weight excluding hydrogens is 378 g/mol. The predicted molar refractivity (Wildman–Crippen MR) is 92.3 cm³/mol. The first-order valence-electron chi connectivity index (χ1n) is 7.20. The summed E-state index contributed by atoms with van der Waals surface area (Å²) in [5.41, 5.74) is 0.423. The van der Waals surface area contributed by atoms with Gasteiger partial charge < -0.3 is 9.47 Å². The molecule has 24 heavy (non-hydrogen) atoms. The molecule has 0 aliphatic rings. The summed E-state index contributed by atoms with van der Waals surface area (Å²) in [7, 11) is 1.59. The number of hydrogen-bond acceptors (Lipinski definition) is 6. The Hall–Kier alpha value is -2.06. The minimum Gasteiger partial charge on any atom is -0.438 e. The molecule has 1 aromatic carbocycles. The SMILES string of the molecule is COCc1cc(Oc2ccc([N+](=O)[O-])cc2Br)nc(C(C)(C)C)n1. The van der Waals surface area contributed by atoms with Crippen molar-refractivity contribution in [3.63, 3.8) is 0 Å². The molecule has 0 saturated carbocycles. The quantitative estimate of drug-likeness (QED) is 0.551. The Bertz CT molecular complexity index is 759. The zero-order valence-corrected chi connectivity index (χ0v) is 15.5. The maximum atomic E-state index is 10.8. The molecule has 7 nitrogen and oxygen atoms in total. The van der Waals surface area contributed by atoms with Gasteiger partial charge >= 0.3 is 0 Å². The lowest BCUT2D eigenvalue weighted by Gasteiger charge is -2.18. The van der Waals surface area contributed by atoms with Gasteiger partial charge in [0.15, 0.2) is 0 Å². The number of nitro benzene ring substituents is 1. The third-order valence-electron chi connectivity index (χ3n) is 3.06. The number of benzene rings is 1. The summed E-state index contributed by atoms with van der Waals surface area (Å²) < 4.78 is 11.4. The summed E-state index contributed by atoms with van der Waals surface area (Å²) in [4.78, 5) is 19.3. The second-order valence-electron chi connectivity index (χ2n) is 6.18. The Labute approximate surface area is 148 Å². The number of non-ortho nitro benzene ring substituents is 1. The lowest BCUT2D eigenvalue weighted by atomic mass is 9.95. The Balaban J connectivity index is 2.38. The van der Waals surface area contributed by atoms with Gasteiger partial charge in [-0.15, -0.1) is 0 Å². The summed E-state index contributed by atoms with van der Waals surface area (Å²) in [6, 6.07) is 5.98. The van der Waals surface area contributed by atoms with Crippen LogP contribution in [-0.4, -0.2) is 22.0 Å². The normalized spacial score (nSPS) is 11.4. The Morgan fingerprint density at radius 3 is 2.50 bits per heavy atom. The number of nitro groups is 1. The molecule has 1 heterocycles. The van der Waals surface area contributed by atoms with Crippen molar-refractivity contribution in [3.8, 4) is 11.6 Å². The van der Waals surface area contributed by atoms with E-state index >= 15 is 0 Å². The van der Waals surface area contributed by atoms with Crippen molar-refractivity contribution >= 4 is 21.6 Å². The van der Waals surface area contributed by atoms with Crippen molar-refractivity contribution in [2.75, 3.05) is 7.11 Å². The van der Waals surface area contributed by atoms with Crippen LogP contribution in [0.2, 0.25) is 0 Å². The van der Waals surface area contributed by atoms with E-state index in [1.54, 1.807) is 13.2 Å². The lowest BCUT2D eigenvalue weighted by Crippen LogP contribution is -2.17. The largest absolute Gasteiger partial charge is 0.438 e. The molecule has 0 saturated heterocycles. The van der Waals surface area contributed by atoms with E-state index in [9.17, 15) is 10.1 Å². The minimum atomic E-state index is -0.465. The summed E-state index contributed by atoms with van der Waals surface area (Å²) in [5, 5.41) is 10.8. The number of ether oxygens (including phenoxy) is 2. The Morgan fingerprint density at radius 1 is 1.25 bits per heavy atom. The second-order valence-corrected chi connectivity index (χ2v) is 7.03. The van der Waals surface area contributed by atoms with Crippen molar-refractivity contribution in [1.29, 1.82) is 0 Å². The first kappa shape index (κ1) is 18.3. The van der Waals surface area contributed by atoms with Gasteiger partial charge in [-0.3, -0.25) is 10.1 Å². The number of halogens is 1. The number of aromatic nitrogens is 2. The summed E-state index contributed by atoms with van der Waals surface area (Å²) in [6.45, 7) is 6.35. The molecule has 2 aromatic rings. The average molecular weight is 396 g/mol. The zero-order valence-electron chi connectivity index (χ0n) is 13.9. The summed E-state index contributed by atoms with van der Waals surface area (Å²) >= 11 is 3.28. The van der Waals surface area contributed by atoms with E-state index < -0.39 is 4.92 Å². The molecular formula is C16H18BrN3O4. The first-order chi connectivity index (χ1) is 11.2. The van der Waals surface area contributed by atoms with Crippen LogP contribution in [-0.2, 0) is 16.8 Å². The molecule has 2 rings (SSSR count). The van der Waals surface area contributed by atoms with Crippen molar-refractivity contribution in [2.45, 2.75) is 32.8 Å². The van der Waals surface area contributed by atoms with E-state index in [1.165, 1.54) is 18.2 Å². The van der Waals surface area contributed by atoms with Crippen molar-refractivity contribution < 1.29 is 14.4 Å². The van der Waals surface area contributed by atoms with Crippen molar-refractivity contribution in [3.05, 3.63) is 50.4 Å². The van der Waals surface area contributed by atoms with Crippen molar-refractivity contribution in [2.24, 2.45) is 0 Å². The smallest absolute Gasteiger partial charge is 0.270 e. The van der Waals surface area contributed by atoms with E-state index in [0.29, 0.717) is 34.2 Å². The molecule has 8 heteroatoms. The van der Waals surface area contributed by atoms with Gasteiger partial charge in [-0.2, -0.15) is 4.98 Å². The molecule has 0 radical (unpaired) electrons. The zero-order chi connectivity index (χ0) is 17.9. The number of rotatable bonds is 5. The molecule has 0 aliphatic heterocycles. The number of nitrogens with zero attached hydrogens (tertiary/aromatic N) is 3. The van der Waals surface area contributed by atoms with Crippen molar-refractivity contribution in [1.82, 2.24) is 9.97 Å². The first-order valence-corrected chi connectivity index (χ1v) is 7.99. The van der Waals surface area contributed by atoms with Gasteiger partial charge in [0.1, 0.15) is 11.6 Å². The predicted octanol–water partition coefficient (Wildman–Crippen LogP) is 4.38. The van der Waals surface area contributed by atoms with Crippen LogP contribution < -0.4 is 4.74 Å². The van der Waals surface area contributed by atoms with Crippen LogP contribution in [0.15, 0.2) is 28.7 Å². The molecule has 128 valence electrons. The molecule has 0 aliphatic carbocycles. The number of methoxy groups -OCH3 is 1. The Morgan fingerprint density at radius 2 is 1.96 bits per heavy atom. The fourth-order valence-electron chi connectivity index (χ4n) is 1.88. The lowest BCUT2D eigenvalue weighted by molar-refractivity contribution is -0.384. The van der Waals surface area contributed by atoms with Crippen LogP contribution in [0, 0.1) is 10.1 Å². The molecule has 0 atom stereocenters. The van der Waals surface area contributed by atoms with E-state index in [4.69, 9.17) is 9.47 Å². The van der Waals surface area contributed by atoms with Gasteiger partial charge in [-0.25, -0.2) is 4.98 Å². The van der Waals surface area contributed by atoms with Gasteiger partial charge in [-0.1, -0.05) is 20.8 Å². The maximum Gasteiger partial charge on any atom is 0.270 e. The highest BCUT2D eigenvalue weighted by molar-refractivity contribution is 9.10. The molecule has 0 N–H and O–H groups in total. The molecule has 0 fully saturated rings. The topological polar surface area (TPSA) is 87.4 Å². The molecule has 0 bridgehead atoms. The molecule has 0 unspecified atom stereocenters. The van der Waals surface area contributed by atoms with E-state index in [1.807, 2.05) is 20.8 Å². The van der Waals surface area contributed by atoms with Crippen LogP contribution in [0.4, 0.5) is 5.69 Å². The van der Waals surface area contributed by atoms with E-state index in [0.717, 1.165) is 0 Å². The van der Waals surface area contributed by atoms with E-state index in [-0.39, 0.29) is 11.1 Å². The highest BCUT2D eigenvalue weighted by atomic mass is 79.9. The maximum absolute atomic E-state index is 10.8. The average Bonchev–Trinajstić information content (AvgIpc) is 2.48. The van der Waals surface area contributed by atoms with Gasteiger partial charge in [0, 0.05) is 30.7 Å². The Kier molecular flexibility index (Phi) is 5.51. The second kappa shape index (κ2) is 7.23. The fraction of sp³-hybridized carbons (Fsp3) is 0.375. The standard InChI is InChI=1S/C16H18BrN3O4/c1-16(2,3)15-18-10(9-23-4)7-14(19-15)24-13-6-5-11(20(21)22)8-12(13)17/h5-8H,9H2,1-4H3. The van der Waals surface area contributed by atoms with Gasteiger partial charge in [-0.05, 0) is 22.0 Å². The molecule has 1 aromatic heterocycles. The summed E-state index contributed by atoms with van der Waals surface area (Å²) in [6.07, 6.45) is 0. The summed E-state index contributed by atoms with van der Waals surface area (Å²) in [5.74, 6) is 1.42. The van der Waals surface area contributed by atoms with Crippen LogP contribution in [0.1, 0.15) is 32.3 Å². The molecule has 0 spiro atoms. The van der Waals surface area contributed by atoms with Crippen LogP contribution in [0.3, 0.4) is 0 Å². The monoisotopic (exact) mass is 395 g/mol. The highest BCUT2D eigenvalue weighted by Crippen LogP contribution is 2.33. The van der Waals surface area contributed by atoms with Gasteiger partial charge in [0.05, 0.1) is 21.7 Å². The van der Waals surface area contributed by atoms with Gasteiger partial charge in [0.2, 0.25) is 5.88 Å². The fourth-order valence-corrected chi connectivity index (χ4v) is 2.33.